The van der Waals surface area contributed by atoms with Crippen molar-refractivity contribution in [2.75, 3.05) is 10.6 Å². The number of carbonyl (C=O) groups is 2. The molecule has 0 aliphatic rings. The van der Waals surface area contributed by atoms with Gasteiger partial charge < -0.3 is 14.8 Å². The number of hydrogen-bond acceptors (Lipinski definition) is 4. The van der Waals surface area contributed by atoms with Crippen molar-refractivity contribution >= 4 is 23.4 Å². The highest BCUT2D eigenvalue weighted by Crippen LogP contribution is 2.24. The van der Waals surface area contributed by atoms with Crippen LogP contribution in [0.25, 0.3) is 0 Å². The van der Waals surface area contributed by atoms with Gasteiger partial charge >= 0.3 is 6.09 Å². The van der Waals surface area contributed by atoms with Gasteiger partial charge in [0, 0.05) is 16.9 Å². The zero-order chi connectivity index (χ0) is 22.3. The summed E-state index contributed by atoms with van der Waals surface area (Å²) in [5.41, 5.74) is 1.31. The minimum atomic E-state index is -0.817. The van der Waals surface area contributed by atoms with Crippen LogP contribution in [-0.2, 0) is 9.53 Å². The molecule has 0 aliphatic carbocycles. The molecular weight excluding hydrogens is 392 g/mol. The van der Waals surface area contributed by atoms with Crippen molar-refractivity contribution in [2.45, 2.75) is 32.5 Å². The Hall–Kier alpha value is -3.80. The number of para-hydroxylation sites is 1. The lowest BCUT2D eigenvalue weighted by molar-refractivity contribution is -0.123. The van der Waals surface area contributed by atoms with Gasteiger partial charge in [-0.3, -0.25) is 10.1 Å². The van der Waals surface area contributed by atoms with Crippen molar-refractivity contribution in [2.24, 2.45) is 0 Å². The van der Waals surface area contributed by atoms with Gasteiger partial charge in [-0.25, -0.2) is 4.79 Å². The number of carbonyl (C=O) groups excluding carboxylic acids is 2. The third-order valence-electron chi connectivity index (χ3n) is 4.14. The van der Waals surface area contributed by atoms with E-state index in [0.717, 1.165) is 5.56 Å². The summed E-state index contributed by atoms with van der Waals surface area (Å²) in [5.74, 6) is 0.298. The second-order valence-electron chi connectivity index (χ2n) is 7.92. The number of rotatable bonds is 6. The van der Waals surface area contributed by atoms with Gasteiger partial charge in [0.2, 0.25) is 6.10 Å². The van der Waals surface area contributed by atoms with Gasteiger partial charge in [-0.15, -0.1) is 0 Å². The molecule has 160 valence electrons. The molecule has 0 saturated heterocycles. The van der Waals surface area contributed by atoms with Crippen LogP contribution in [0.3, 0.4) is 0 Å². The zero-order valence-electron chi connectivity index (χ0n) is 17.8. The lowest BCUT2D eigenvalue weighted by Crippen LogP contribution is -2.27. The normalized spacial score (nSPS) is 11.8. The maximum Gasteiger partial charge on any atom is 0.412 e. The molecule has 0 spiro atoms. The standard InChI is InChI=1S/C25H26N2O4/c1-25(2,3)31-24(29)27-20-16-14-19(15-17-20)26-23(28)22(18-10-6-4-7-11-18)30-21-12-8-5-9-13-21/h4-17,22H,1-3H3,(H,26,28)(H,27,29). The smallest absolute Gasteiger partial charge is 0.412 e. The summed E-state index contributed by atoms with van der Waals surface area (Å²) in [5, 5.41) is 5.53. The van der Waals surface area contributed by atoms with Crippen LogP contribution >= 0.6 is 0 Å². The van der Waals surface area contributed by atoms with E-state index < -0.39 is 17.8 Å². The highest BCUT2D eigenvalue weighted by Gasteiger charge is 2.23. The number of hydrogen-bond donors (Lipinski definition) is 2. The van der Waals surface area contributed by atoms with Gasteiger partial charge in [-0.05, 0) is 57.2 Å². The van der Waals surface area contributed by atoms with Crippen molar-refractivity contribution in [3.8, 4) is 5.75 Å². The molecule has 0 saturated carbocycles. The highest BCUT2D eigenvalue weighted by molar-refractivity contribution is 5.95. The minimum absolute atomic E-state index is 0.303. The molecule has 0 aromatic heterocycles. The summed E-state index contributed by atoms with van der Waals surface area (Å²) in [6, 6.07) is 25.3. The second kappa shape index (κ2) is 9.80. The third-order valence-corrected chi connectivity index (χ3v) is 4.14. The van der Waals surface area contributed by atoms with Gasteiger partial charge in [0.25, 0.3) is 5.91 Å². The van der Waals surface area contributed by atoms with Crippen LogP contribution in [0.5, 0.6) is 5.75 Å². The van der Waals surface area contributed by atoms with E-state index in [1.165, 1.54) is 0 Å². The van der Waals surface area contributed by atoms with Gasteiger partial charge in [0.05, 0.1) is 0 Å². The van der Waals surface area contributed by atoms with Crippen LogP contribution < -0.4 is 15.4 Å². The van der Waals surface area contributed by atoms with E-state index in [4.69, 9.17) is 9.47 Å². The van der Waals surface area contributed by atoms with E-state index in [1.54, 1.807) is 57.2 Å². The average Bonchev–Trinajstić information content (AvgIpc) is 2.73. The van der Waals surface area contributed by atoms with Crippen LogP contribution in [0.15, 0.2) is 84.9 Å². The first-order chi connectivity index (χ1) is 14.8. The Balaban J connectivity index is 1.69. The fourth-order valence-corrected chi connectivity index (χ4v) is 2.80. The van der Waals surface area contributed by atoms with E-state index >= 15 is 0 Å². The lowest BCUT2D eigenvalue weighted by atomic mass is 10.1. The average molecular weight is 418 g/mol. The Labute approximate surface area is 182 Å². The molecule has 0 radical (unpaired) electrons. The SMILES string of the molecule is CC(C)(C)OC(=O)Nc1ccc(NC(=O)C(Oc2ccccc2)c2ccccc2)cc1. The van der Waals surface area contributed by atoms with Crippen molar-refractivity contribution in [1.82, 2.24) is 0 Å². The molecule has 2 amide bonds. The Kier molecular flexibility index (Phi) is 6.92. The zero-order valence-corrected chi connectivity index (χ0v) is 17.8. The van der Waals surface area contributed by atoms with E-state index in [1.807, 2.05) is 48.5 Å². The van der Waals surface area contributed by atoms with Crippen LogP contribution in [0.2, 0.25) is 0 Å². The number of anilines is 2. The second-order valence-corrected chi connectivity index (χ2v) is 7.92. The van der Waals surface area contributed by atoms with Crippen molar-refractivity contribution in [3.63, 3.8) is 0 Å². The summed E-state index contributed by atoms with van der Waals surface area (Å²) in [6.07, 6.45) is -1.35. The van der Waals surface area contributed by atoms with Crippen molar-refractivity contribution in [3.05, 3.63) is 90.5 Å². The molecule has 0 heterocycles. The molecule has 1 unspecified atom stereocenters. The minimum Gasteiger partial charge on any atom is -0.476 e. The molecule has 6 nitrogen and oxygen atoms in total. The van der Waals surface area contributed by atoms with Crippen LogP contribution in [0.4, 0.5) is 16.2 Å². The first kappa shape index (κ1) is 21.9. The molecule has 3 aromatic rings. The van der Waals surface area contributed by atoms with Crippen LogP contribution in [0, 0.1) is 0 Å². The van der Waals surface area contributed by atoms with E-state index in [9.17, 15) is 9.59 Å². The quantitative estimate of drug-likeness (QED) is 0.531. The van der Waals surface area contributed by atoms with E-state index in [2.05, 4.69) is 10.6 Å². The Morgan fingerprint density at radius 1 is 0.742 bits per heavy atom. The Morgan fingerprint density at radius 2 is 1.26 bits per heavy atom. The van der Waals surface area contributed by atoms with Gasteiger partial charge in [0.1, 0.15) is 11.4 Å². The Bertz CT molecular complexity index is 997. The van der Waals surface area contributed by atoms with Gasteiger partial charge in [0.15, 0.2) is 0 Å². The largest absolute Gasteiger partial charge is 0.476 e. The van der Waals surface area contributed by atoms with Crippen molar-refractivity contribution in [1.29, 1.82) is 0 Å². The molecule has 3 rings (SSSR count). The molecule has 31 heavy (non-hydrogen) atoms. The topological polar surface area (TPSA) is 76.7 Å². The summed E-state index contributed by atoms with van der Waals surface area (Å²) in [4.78, 5) is 24.9. The molecule has 3 aromatic carbocycles. The number of nitrogens with one attached hydrogen (secondary N) is 2. The molecule has 0 aliphatic heterocycles. The lowest BCUT2D eigenvalue weighted by Gasteiger charge is -2.20. The first-order valence-electron chi connectivity index (χ1n) is 9.98. The third kappa shape index (κ3) is 6.89. The summed E-state index contributed by atoms with van der Waals surface area (Å²) in [7, 11) is 0. The van der Waals surface area contributed by atoms with Gasteiger partial charge in [-0.1, -0.05) is 48.5 Å². The molecule has 1 atom stereocenters. The molecule has 2 N–H and O–H groups in total. The first-order valence-corrected chi connectivity index (χ1v) is 9.98. The summed E-state index contributed by atoms with van der Waals surface area (Å²) in [6.45, 7) is 5.39. The predicted octanol–water partition coefficient (Wildman–Crippen LogP) is 5.79. The maximum absolute atomic E-state index is 13.0. The predicted molar refractivity (Wildman–Crippen MR) is 121 cm³/mol. The fourth-order valence-electron chi connectivity index (χ4n) is 2.80. The monoisotopic (exact) mass is 418 g/mol. The van der Waals surface area contributed by atoms with E-state index in [-0.39, 0.29) is 5.91 Å². The van der Waals surface area contributed by atoms with Gasteiger partial charge in [-0.2, -0.15) is 0 Å². The number of amides is 2. The molecule has 0 bridgehead atoms. The summed E-state index contributed by atoms with van der Waals surface area (Å²) < 4.78 is 11.2. The van der Waals surface area contributed by atoms with E-state index in [0.29, 0.717) is 17.1 Å². The van der Waals surface area contributed by atoms with Crippen LogP contribution in [0.1, 0.15) is 32.4 Å². The van der Waals surface area contributed by atoms with Crippen LogP contribution in [-0.4, -0.2) is 17.6 Å². The highest BCUT2D eigenvalue weighted by atomic mass is 16.6. The maximum atomic E-state index is 13.0. The molecule has 0 fully saturated rings. The Morgan fingerprint density at radius 3 is 1.81 bits per heavy atom. The number of benzene rings is 3. The fraction of sp³-hybridized carbons (Fsp3) is 0.200. The molecule has 6 heteroatoms. The summed E-state index contributed by atoms with van der Waals surface area (Å²) >= 11 is 0. The van der Waals surface area contributed by atoms with Crippen molar-refractivity contribution < 1.29 is 19.1 Å². The molecular formula is C25H26N2O4. The number of ether oxygens (including phenoxy) is 2.